The Labute approximate surface area is 193 Å². The van der Waals surface area contributed by atoms with Crippen molar-refractivity contribution in [3.63, 3.8) is 0 Å². The number of nitrogens with one attached hydrogen (secondary N) is 1. The summed E-state index contributed by atoms with van der Waals surface area (Å²) in [5.74, 6) is -0.915. The minimum absolute atomic E-state index is 0.197. The van der Waals surface area contributed by atoms with Crippen molar-refractivity contribution in [1.82, 2.24) is 35.2 Å². The summed E-state index contributed by atoms with van der Waals surface area (Å²) in [4.78, 5) is 46.9. The van der Waals surface area contributed by atoms with Gasteiger partial charge < -0.3 is 4.90 Å². The highest BCUT2D eigenvalue weighted by Gasteiger charge is 2.39. The second-order valence-corrected chi connectivity index (χ2v) is 8.41. The fraction of sp³-hybridized carbons (Fsp3) is 0.208. The number of piperidine rings is 1. The van der Waals surface area contributed by atoms with Crippen LogP contribution in [0.2, 0.25) is 0 Å². The van der Waals surface area contributed by atoms with Gasteiger partial charge in [0.05, 0.1) is 23.8 Å². The molecule has 3 amide bonds. The van der Waals surface area contributed by atoms with Crippen molar-refractivity contribution in [1.29, 1.82) is 0 Å². The van der Waals surface area contributed by atoms with Gasteiger partial charge in [0.1, 0.15) is 11.7 Å². The van der Waals surface area contributed by atoms with Gasteiger partial charge in [0, 0.05) is 42.0 Å². The van der Waals surface area contributed by atoms with Crippen molar-refractivity contribution >= 4 is 28.8 Å². The molecule has 1 saturated heterocycles. The number of para-hydroxylation sites is 1. The van der Waals surface area contributed by atoms with E-state index in [1.54, 1.807) is 23.1 Å². The van der Waals surface area contributed by atoms with Gasteiger partial charge in [0.2, 0.25) is 11.8 Å². The van der Waals surface area contributed by atoms with Crippen LogP contribution in [-0.2, 0) is 22.7 Å². The van der Waals surface area contributed by atoms with Gasteiger partial charge in [-0.2, -0.15) is 0 Å². The van der Waals surface area contributed by atoms with E-state index in [1.807, 2.05) is 36.5 Å². The molecule has 6 rings (SSSR count). The molecule has 168 valence electrons. The van der Waals surface area contributed by atoms with E-state index in [0.717, 1.165) is 27.7 Å². The number of hydrogen-bond donors (Lipinski definition) is 1. The van der Waals surface area contributed by atoms with Crippen molar-refractivity contribution in [2.24, 2.45) is 0 Å². The first-order valence-corrected chi connectivity index (χ1v) is 10.9. The molecule has 2 aliphatic rings. The largest absolute Gasteiger partial charge is 0.322 e. The molecule has 0 spiro atoms. The molecule has 1 atom stereocenters. The van der Waals surface area contributed by atoms with Crippen molar-refractivity contribution in [3.05, 3.63) is 71.7 Å². The van der Waals surface area contributed by atoms with Crippen LogP contribution >= 0.6 is 0 Å². The van der Waals surface area contributed by atoms with Crippen LogP contribution in [0, 0.1) is 0 Å². The zero-order chi connectivity index (χ0) is 23.2. The SMILES string of the molecule is O=C1CCC(N2Cc3cc(-c4cn(Cc5cccc6nccnc56)nn4)ccc3C2=O)C(=O)N1. The molecular formula is C24H19N7O3. The lowest BCUT2D eigenvalue weighted by atomic mass is 10.0. The summed E-state index contributed by atoms with van der Waals surface area (Å²) in [5, 5.41) is 10.9. The number of aromatic nitrogens is 5. The number of benzene rings is 2. The van der Waals surface area contributed by atoms with Crippen LogP contribution in [0.25, 0.3) is 22.3 Å². The molecule has 10 heteroatoms. The summed E-state index contributed by atoms with van der Waals surface area (Å²) in [6.07, 6.45) is 5.76. The fourth-order valence-electron chi connectivity index (χ4n) is 4.60. The number of fused-ring (bicyclic) bond motifs is 2. The van der Waals surface area contributed by atoms with E-state index in [2.05, 4.69) is 25.6 Å². The lowest BCUT2D eigenvalue weighted by molar-refractivity contribution is -0.136. The molecule has 2 aromatic carbocycles. The Hall–Kier alpha value is -4.47. The van der Waals surface area contributed by atoms with Crippen molar-refractivity contribution in [2.75, 3.05) is 0 Å². The second-order valence-electron chi connectivity index (χ2n) is 8.41. The van der Waals surface area contributed by atoms with E-state index in [0.29, 0.717) is 30.8 Å². The number of carbonyl (C=O) groups excluding carboxylic acids is 3. The van der Waals surface area contributed by atoms with E-state index < -0.39 is 11.9 Å². The molecule has 1 fully saturated rings. The van der Waals surface area contributed by atoms with Crippen molar-refractivity contribution < 1.29 is 14.4 Å². The molecular weight excluding hydrogens is 434 g/mol. The molecule has 0 bridgehead atoms. The smallest absolute Gasteiger partial charge is 0.255 e. The molecule has 1 N–H and O–H groups in total. The summed E-state index contributed by atoms with van der Waals surface area (Å²) >= 11 is 0. The fourth-order valence-corrected chi connectivity index (χ4v) is 4.60. The Bertz CT molecular complexity index is 1470. The maximum atomic E-state index is 12.9. The molecule has 34 heavy (non-hydrogen) atoms. The van der Waals surface area contributed by atoms with Gasteiger partial charge in [-0.15, -0.1) is 5.10 Å². The number of imide groups is 1. The van der Waals surface area contributed by atoms with Crippen molar-refractivity contribution in [3.8, 4) is 11.3 Å². The normalized spacial score (nSPS) is 17.8. The number of amides is 3. The van der Waals surface area contributed by atoms with E-state index in [9.17, 15) is 14.4 Å². The molecule has 1 unspecified atom stereocenters. The Kier molecular flexibility index (Phi) is 4.65. The molecule has 0 radical (unpaired) electrons. The Balaban J connectivity index is 1.24. The predicted octanol–water partition coefficient (Wildman–Crippen LogP) is 1.70. The standard InChI is InChI=1S/C24H19N7O3/c32-21-7-6-20(23(33)27-21)31-12-16-10-14(4-5-17(16)24(31)34)19-13-30(29-28-19)11-15-2-1-3-18-22(15)26-9-8-25-18/h1-5,8-10,13,20H,6-7,11-12H2,(H,27,32,33). The minimum Gasteiger partial charge on any atom is -0.322 e. The summed E-state index contributed by atoms with van der Waals surface area (Å²) in [7, 11) is 0. The predicted molar refractivity (Wildman–Crippen MR) is 120 cm³/mol. The van der Waals surface area contributed by atoms with Crippen LogP contribution in [0.5, 0.6) is 0 Å². The Morgan fingerprint density at radius 3 is 2.82 bits per heavy atom. The van der Waals surface area contributed by atoms with Crippen LogP contribution in [0.4, 0.5) is 0 Å². The minimum atomic E-state index is -0.634. The lowest BCUT2D eigenvalue weighted by Crippen LogP contribution is -2.52. The number of carbonyl (C=O) groups is 3. The topological polar surface area (TPSA) is 123 Å². The molecule has 2 aromatic heterocycles. The van der Waals surface area contributed by atoms with E-state index in [-0.39, 0.29) is 18.2 Å². The third-order valence-corrected chi connectivity index (χ3v) is 6.27. The zero-order valence-corrected chi connectivity index (χ0v) is 18.0. The van der Waals surface area contributed by atoms with Crippen LogP contribution in [-0.4, -0.2) is 53.6 Å². The first-order chi connectivity index (χ1) is 16.6. The van der Waals surface area contributed by atoms with Gasteiger partial charge in [-0.3, -0.25) is 29.7 Å². The summed E-state index contributed by atoms with van der Waals surface area (Å²) in [5.41, 5.74) is 5.54. The third-order valence-electron chi connectivity index (χ3n) is 6.27. The highest BCUT2D eigenvalue weighted by Crippen LogP contribution is 2.30. The number of rotatable bonds is 4. The average Bonchev–Trinajstić information content (AvgIpc) is 3.44. The van der Waals surface area contributed by atoms with Gasteiger partial charge in [0.15, 0.2) is 0 Å². The first kappa shape index (κ1) is 20.2. The van der Waals surface area contributed by atoms with Gasteiger partial charge in [-0.25, -0.2) is 4.68 Å². The molecule has 10 nitrogen and oxygen atoms in total. The van der Waals surface area contributed by atoms with Gasteiger partial charge in [0.25, 0.3) is 5.91 Å². The molecule has 4 heterocycles. The maximum absolute atomic E-state index is 12.9. The molecule has 0 aliphatic carbocycles. The highest BCUT2D eigenvalue weighted by atomic mass is 16.2. The summed E-state index contributed by atoms with van der Waals surface area (Å²) in [6.45, 7) is 0.812. The zero-order valence-electron chi connectivity index (χ0n) is 18.0. The Morgan fingerprint density at radius 2 is 1.94 bits per heavy atom. The van der Waals surface area contributed by atoms with Gasteiger partial charge in [-0.05, 0) is 30.2 Å². The van der Waals surface area contributed by atoms with E-state index >= 15 is 0 Å². The summed E-state index contributed by atoms with van der Waals surface area (Å²) < 4.78 is 1.74. The van der Waals surface area contributed by atoms with Crippen LogP contribution in [0.1, 0.15) is 34.3 Å². The van der Waals surface area contributed by atoms with Crippen LogP contribution < -0.4 is 5.32 Å². The number of nitrogens with zero attached hydrogens (tertiary/aromatic N) is 6. The third kappa shape index (κ3) is 3.40. The van der Waals surface area contributed by atoms with Crippen LogP contribution in [0.15, 0.2) is 55.0 Å². The van der Waals surface area contributed by atoms with Gasteiger partial charge in [-0.1, -0.05) is 23.4 Å². The molecule has 0 saturated carbocycles. The lowest BCUT2D eigenvalue weighted by Gasteiger charge is -2.29. The average molecular weight is 453 g/mol. The monoisotopic (exact) mass is 453 g/mol. The first-order valence-electron chi connectivity index (χ1n) is 10.9. The Morgan fingerprint density at radius 1 is 1.06 bits per heavy atom. The number of hydrogen-bond acceptors (Lipinski definition) is 7. The molecule has 4 aromatic rings. The quantitative estimate of drug-likeness (QED) is 0.467. The highest BCUT2D eigenvalue weighted by molar-refractivity contribution is 6.05. The van der Waals surface area contributed by atoms with E-state index in [4.69, 9.17) is 0 Å². The van der Waals surface area contributed by atoms with Crippen molar-refractivity contribution in [2.45, 2.75) is 32.0 Å². The van der Waals surface area contributed by atoms with E-state index in [1.165, 1.54) is 4.90 Å². The van der Waals surface area contributed by atoms with Crippen LogP contribution in [0.3, 0.4) is 0 Å². The van der Waals surface area contributed by atoms with Gasteiger partial charge >= 0.3 is 0 Å². The molecule has 2 aliphatic heterocycles. The maximum Gasteiger partial charge on any atom is 0.255 e. The summed E-state index contributed by atoms with van der Waals surface area (Å²) in [6, 6.07) is 10.7. The second kappa shape index (κ2) is 7.84.